The van der Waals surface area contributed by atoms with Gasteiger partial charge in [-0.1, -0.05) is 5.11 Å². The van der Waals surface area contributed by atoms with Gasteiger partial charge in [0.25, 0.3) is 0 Å². The van der Waals surface area contributed by atoms with Crippen molar-refractivity contribution in [3.63, 3.8) is 0 Å². The first-order valence-electron chi connectivity index (χ1n) is 3.83. The molecule has 0 aromatic heterocycles. The van der Waals surface area contributed by atoms with Crippen molar-refractivity contribution in [2.45, 2.75) is 24.4 Å². The highest BCUT2D eigenvalue weighted by atomic mass is 16.6. The standard InChI is InChI=1S/C6H9N3O5/c7-9-8-3-4(12)6(13)14-5(3)2(11)1-10/h2-5,10-12H,1H2/t2-,3+,4-,5+/m1/s1. The zero-order chi connectivity index (χ0) is 10.7. The van der Waals surface area contributed by atoms with Crippen molar-refractivity contribution in [2.75, 3.05) is 6.61 Å². The number of carbonyl (C=O) groups excluding carboxylic acids is 1. The smallest absolute Gasteiger partial charge is 0.335 e. The number of nitrogens with zero attached hydrogens (tertiary/aromatic N) is 3. The van der Waals surface area contributed by atoms with Crippen LogP contribution in [-0.2, 0) is 9.53 Å². The third-order valence-corrected chi connectivity index (χ3v) is 1.91. The molecule has 4 atom stereocenters. The highest BCUT2D eigenvalue weighted by Gasteiger charge is 2.46. The van der Waals surface area contributed by atoms with E-state index in [1.807, 2.05) is 0 Å². The van der Waals surface area contributed by atoms with E-state index in [2.05, 4.69) is 14.8 Å². The van der Waals surface area contributed by atoms with E-state index in [4.69, 9.17) is 15.7 Å². The van der Waals surface area contributed by atoms with Crippen LogP contribution in [0, 0.1) is 0 Å². The van der Waals surface area contributed by atoms with E-state index in [9.17, 15) is 9.90 Å². The molecule has 8 heteroatoms. The zero-order valence-corrected chi connectivity index (χ0v) is 7.02. The van der Waals surface area contributed by atoms with Crippen LogP contribution in [0.5, 0.6) is 0 Å². The molecule has 0 aromatic rings. The lowest BCUT2D eigenvalue weighted by Gasteiger charge is -2.17. The highest BCUT2D eigenvalue weighted by Crippen LogP contribution is 2.22. The van der Waals surface area contributed by atoms with E-state index in [-0.39, 0.29) is 0 Å². The average molecular weight is 203 g/mol. The van der Waals surface area contributed by atoms with Gasteiger partial charge in [-0.05, 0) is 5.53 Å². The van der Waals surface area contributed by atoms with Crippen LogP contribution in [0.4, 0.5) is 0 Å². The molecule has 14 heavy (non-hydrogen) atoms. The average Bonchev–Trinajstić information content (AvgIpc) is 2.45. The van der Waals surface area contributed by atoms with Gasteiger partial charge >= 0.3 is 5.97 Å². The van der Waals surface area contributed by atoms with Crippen LogP contribution in [-0.4, -0.2) is 52.2 Å². The van der Waals surface area contributed by atoms with Crippen molar-refractivity contribution in [1.82, 2.24) is 0 Å². The second-order valence-corrected chi connectivity index (χ2v) is 2.79. The molecule has 0 aliphatic carbocycles. The fraction of sp³-hybridized carbons (Fsp3) is 0.833. The van der Waals surface area contributed by atoms with E-state index >= 15 is 0 Å². The van der Waals surface area contributed by atoms with E-state index in [1.165, 1.54) is 0 Å². The van der Waals surface area contributed by atoms with Gasteiger partial charge in [0.05, 0.1) is 6.61 Å². The molecule has 1 fully saturated rings. The molecule has 0 spiro atoms. The molecule has 0 amide bonds. The first kappa shape index (κ1) is 10.7. The summed E-state index contributed by atoms with van der Waals surface area (Å²) in [7, 11) is 0. The largest absolute Gasteiger partial charge is 0.457 e. The number of ether oxygens (including phenoxy) is 1. The summed E-state index contributed by atoms with van der Waals surface area (Å²) in [4.78, 5) is 13.3. The molecule has 0 bridgehead atoms. The fourth-order valence-corrected chi connectivity index (χ4v) is 1.19. The summed E-state index contributed by atoms with van der Waals surface area (Å²) in [5, 5.41) is 30.1. The maximum Gasteiger partial charge on any atom is 0.335 e. The van der Waals surface area contributed by atoms with Crippen LogP contribution in [0.15, 0.2) is 5.11 Å². The van der Waals surface area contributed by atoms with E-state index < -0.39 is 36.9 Å². The Kier molecular flexibility index (Phi) is 3.26. The maximum absolute atomic E-state index is 10.8. The minimum absolute atomic E-state index is 0.651. The van der Waals surface area contributed by atoms with Gasteiger partial charge in [0.15, 0.2) is 6.10 Å². The van der Waals surface area contributed by atoms with Gasteiger partial charge in [0.2, 0.25) is 0 Å². The number of rotatable bonds is 3. The summed E-state index contributed by atoms with van der Waals surface area (Å²) in [6.45, 7) is -0.651. The van der Waals surface area contributed by atoms with Gasteiger partial charge in [-0.2, -0.15) is 0 Å². The van der Waals surface area contributed by atoms with Crippen molar-refractivity contribution in [3.8, 4) is 0 Å². The van der Waals surface area contributed by atoms with Crippen LogP contribution >= 0.6 is 0 Å². The zero-order valence-electron chi connectivity index (χ0n) is 7.02. The molecule has 1 saturated heterocycles. The molecule has 1 heterocycles. The van der Waals surface area contributed by atoms with Gasteiger partial charge in [0.1, 0.15) is 18.2 Å². The first-order valence-corrected chi connectivity index (χ1v) is 3.83. The molecule has 1 aliphatic heterocycles. The van der Waals surface area contributed by atoms with Gasteiger partial charge in [-0.25, -0.2) is 4.79 Å². The van der Waals surface area contributed by atoms with Crippen molar-refractivity contribution in [3.05, 3.63) is 10.4 Å². The molecule has 1 rings (SSSR count). The second kappa shape index (κ2) is 4.25. The second-order valence-electron chi connectivity index (χ2n) is 2.79. The van der Waals surface area contributed by atoms with Crippen LogP contribution in [0.2, 0.25) is 0 Å². The van der Waals surface area contributed by atoms with Crippen LogP contribution in [0.3, 0.4) is 0 Å². The van der Waals surface area contributed by atoms with Crippen molar-refractivity contribution in [2.24, 2.45) is 5.11 Å². The SMILES string of the molecule is [N-]=[N+]=N[C@@H]1[C@H]([C@H](O)CO)OC(=O)[C@@H]1O. The Morgan fingerprint density at radius 3 is 2.86 bits per heavy atom. The van der Waals surface area contributed by atoms with E-state index in [0.717, 1.165) is 0 Å². The van der Waals surface area contributed by atoms with Gasteiger partial charge in [0, 0.05) is 4.91 Å². The third kappa shape index (κ3) is 1.78. The number of aliphatic hydroxyl groups is 3. The lowest BCUT2D eigenvalue weighted by molar-refractivity contribution is -0.151. The molecular weight excluding hydrogens is 194 g/mol. The fourth-order valence-electron chi connectivity index (χ4n) is 1.19. The normalized spacial score (nSPS) is 33.4. The van der Waals surface area contributed by atoms with Crippen molar-refractivity contribution in [1.29, 1.82) is 0 Å². The molecule has 0 radical (unpaired) electrons. The molecular formula is C6H9N3O5. The summed E-state index contributed by atoms with van der Waals surface area (Å²) >= 11 is 0. The van der Waals surface area contributed by atoms with Gasteiger partial charge in [-0.15, -0.1) is 0 Å². The molecule has 0 saturated carbocycles. The quantitative estimate of drug-likeness (QED) is 0.217. The minimum atomic E-state index is -1.59. The topological polar surface area (TPSA) is 136 Å². The highest BCUT2D eigenvalue weighted by molar-refractivity contribution is 5.78. The molecule has 1 aliphatic rings. The summed E-state index contributed by atoms with van der Waals surface area (Å²) in [6.07, 6.45) is -4.15. The molecule has 0 unspecified atom stereocenters. The van der Waals surface area contributed by atoms with E-state index in [0.29, 0.717) is 0 Å². The number of cyclic esters (lactones) is 1. The number of aliphatic hydroxyl groups excluding tert-OH is 3. The van der Waals surface area contributed by atoms with Gasteiger partial charge in [-0.3, -0.25) is 0 Å². The molecule has 3 N–H and O–H groups in total. The predicted octanol–water partition coefficient (Wildman–Crippen LogP) is -1.70. The number of esters is 1. The van der Waals surface area contributed by atoms with Crippen LogP contribution in [0.1, 0.15) is 0 Å². The lowest BCUT2D eigenvalue weighted by Crippen LogP contribution is -2.39. The lowest BCUT2D eigenvalue weighted by atomic mass is 10.0. The maximum atomic E-state index is 10.8. The summed E-state index contributed by atoms with van der Waals surface area (Å²) in [5.74, 6) is -0.972. The number of hydrogen-bond acceptors (Lipinski definition) is 6. The Bertz CT molecular complexity index is 277. The molecule has 8 nitrogen and oxygen atoms in total. The van der Waals surface area contributed by atoms with Crippen molar-refractivity contribution < 1.29 is 24.9 Å². The first-order chi connectivity index (χ1) is 6.61. The van der Waals surface area contributed by atoms with Crippen LogP contribution in [0.25, 0.3) is 10.4 Å². The Balaban J connectivity index is 2.84. The monoisotopic (exact) mass is 203 g/mol. The summed E-state index contributed by atoms with van der Waals surface area (Å²) in [6, 6.07) is -1.20. The molecule has 0 aromatic carbocycles. The number of hydrogen-bond donors (Lipinski definition) is 3. The minimum Gasteiger partial charge on any atom is -0.457 e. The summed E-state index contributed by atoms with van der Waals surface area (Å²) < 4.78 is 4.53. The number of azide groups is 1. The predicted molar refractivity (Wildman–Crippen MR) is 41.9 cm³/mol. The summed E-state index contributed by atoms with van der Waals surface area (Å²) in [5.41, 5.74) is 8.14. The van der Waals surface area contributed by atoms with Crippen molar-refractivity contribution >= 4 is 5.97 Å². The van der Waals surface area contributed by atoms with Gasteiger partial charge < -0.3 is 20.1 Å². The van der Waals surface area contributed by atoms with E-state index in [1.54, 1.807) is 0 Å². The Morgan fingerprint density at radius 1 is 1.71 bits per heavy atom. The third-order valence-electron chi connectivity index (χ3n) is 1.91. The Labute approximate surface area is 78.3 Å². The Morgan fingerprint density at radius 2 is 2.36 bits per heavy atom. The number of carbonyl (C=O) groups is 1. The van der Waals surface area contributed by atoms with Crippen LogP contribution < -0.4 is 0 Å². The Hall–Kier alpha value is -1.34. The molecule has 78 valence electrons.